The number of nitrogens with two attached hydrogens (primary N) is 1. The van der Waals surface area contributed by atoms with Crippen LogP contribution in [0.2, 0.25) is 5.15 Å². The Bertz CT molecular complexity index is 305. The zero-order valence-corrected chi connectivity index (χ0v) is 10.2. The third-order valence-corrected chi connectivity index (χ3v) is 3.27. The van der Waals surface area contributed by atoms with Gasteiger partial charge < -0.3 is 5.73 Å². The van der Waals surface area contributed by atoms with E-state index >= 15 is 0 Å². The molecule has 1 saturated carbocycles. The molecule has 0 bridgehead atoms. The molecule has 84 valence electrons. The molecule has 1 heterocycles. The van der Waals surface area contributed by atoms with E-state index in [1.54, 1.807) is 0 Å². The smallest absolute Gasteiger partial charge is 0.129 e. The Kier molecular flexibility index (Phi) is 4.38. The van der Waals surface area contributed by atoms with E-state index in [4.69, 9.17) is 17.3 Å². The summed E-state index contributed by atoms with van der Waals surface area (Å²) in [6.07, 6.45) is 7.69. The molecule has 2 rings (SSSR count). The van der Waals surface area contributed by atoms with Crippen LogP contribution in [0.5, 0.6) is 0 Å². The maximum atomic E-state index is 6.35. The van der Waals surface area contributed by atoms with Crippen LogP contribution >= 0.6 is 24.0 Å². The van der Waals surface area contributed by atoms with E-state index in [1.165, 1.54) is 19.3 Å². The predicted octanol–water partition coefficient (Wildman–Crippen LogP) is 3.27. The summed E-state index contributed by atoms with van der Waals surface area (Å²) in [6, 6.07) is 3.82. The van der Waals surface area contributed by atoms with Crippen molar-refractivity contribution in [2.75, 3.05) is 0 Å². The Balaban J connectivity index is 0.00000112. The number of halogens is 2. The van der Waals surface area contributed by atoms with Gasteiger partial charge in [-0.2, -0.15) is 0 Å². The minimum atomic E-state index is -0.157. The molecule has 0 atom stereocenters. The molecule has 0 unspecified atom stereocenters. The Morgan fingerprint density at radius 2 is 1.87 bits per heavy atom. The van der Waals surface area contributed by atoms with E-state index in [0.29, 0.717) is 5.15 Å². The molecule has 0 saturated heterocycles. The quantitative estimate of drug-likeness (QED) is 0.773. The second kappa shape index (κ2) is 5.15. The third-order valence-electron chi connectivity index (χ3n) is 3.05. The molecule has 1 aromatic heterocycles. The van der Waals surface area contributed by atoms with Crippen molar-refractivity contribution in [3.8, 4) is 0 Å². The summed E-state index contributed by atoms with van der Waals surface area (Å²) < 4.78 is 0. The second-order valence-corrected chi connectivity index (χ2v) is 4.47. The van der Waals surface area contributed by atoms with Gasteiger partial charge >= 0.3 is 0 Å². The number of nitrogens with zero attached hydrogens (tertiary/aromatic N) is 1. The van der Waals surface area contributed by atoms with Gasteiger partial charge in [0.1, 0.15) is 5.15 Å². The molecular formula is C11H16Cl2N2. The van der Waals surface area contributed by atoms with Crippen LogP contribution in [-0.4, -0.2) is 4.98 Å². The largest absolute Gasteiger partial charge is 0.321 e. The molecule has 0 aliphatic heterocycles. The number of hydrogen-bond donors (Lipinski definition) is 1. The van der Waals surface area contributed by atoms with E-state index < -0.39 is 0 Å². The Morgan fingerprint density at radius 3 is 2.40 bits per heavy atom. The molecule has 4 heteroatoms. The highest BCUT2D eigenvalue weighted by atomic mass is 35.5. The maximum absolute atomic E-state index is 6.35. The van der Waals surface area contributed by atoms with Crippen LogP contribution in [0.25, 0.3) is 0 Å². The standard InChI is InChI=1S/C11H15ClN2.ClH/c12-10-5-4-9(8-14-10)11(13)6-2-1-3-7-11;/h4-5,8H,1-3,6-7,13H2;1H. The van der Waals surface area contributed by atoms with Gasteiger partial charge in [0.15, 0.2) is 0 Å². The summed E-state index contributed by atoms with van der Waals surface area (Å²) in [5.74, 6) is 0. The molecule has 1 aliphatic rings. The lowest BCUT2D eigenvalue weighted by atomic mass is 9.78. The lowest BCUT2D eigenvalue weighted by molar-refractivity contribution is 0.301. The monoisotopic (exact) mass is 246 g/mol. The fraction of sp³-hybridized carbons (Fsp3) is 0.545. The first kappa shape index (κ1) is 12.8. The third kappa shape index (κ3) is 2.83. The molecule has 1 aliphatic carbocycles. The highest BCUT2D eigenvalue weighted by Crippen LogP contribution is 2.34. The first-order chi connectivity index (χ1) is 6.71. The minimum Gasteiger partial charge on any atom is -0.321 e. The summed E-state index contributed by atoms with van der Waals surface area (Å²) in [7, 11) is 0. The van der Waals surface area contributed by atoms with Crippen molar-refractivity contribution >= 4 is 24.0 Å². The van der Waals surface area contributed by atoms with Gasteiger partial charge in [-0.05, 0) is 24.5 Å². The highest BCUT2D eigenvalue weighted by Gasteiger charge is 2.29. The number of hydrogen-bond acceptors (Lipinski definition) is 2. The fourth-order valence-corrected chi connectivity index (χ4v) is 2.25. The van der Waals surface area contributed by atoms with E-state index in [-0.39, 0.29) is 17.9 Å². The zero-order valence-electron chi connectivity index (χ0n) is 8.58. The fourth-order valence-electron chi connectivity index (χ4n) is 2.14. The number of aromatic nitrogens is 1. The molecule has 0 radical (unpaired) electrons. The number of rotatable bonds is 1. The second-order valence-electron chi connectivity index (χ2n) is 4.09. The van der Waals surface area contributed by atoms with Gasteiger partial charge in [-0.1, -0.05) is 36.9 Å². The summed E-state index contributed by atoms with van der Waals surface area (Å²) in [5.41, 5.74) is 7.32. The topological polar surface area (TPSA) is 38.9 Å². The molecule has 15 heavy (non-hydrogen) atoms. The Hall–Kier alpha value is -0.310. The Labute approximate surface area is 102 Å². The summed E-state index contributed by atoms with van der Waals surface area (Å²) in [4.78, 5) is 4.08. The Morgan fingerprint density at radius 1 is 1.20 bits per heavy atom. The highest BCUT2D eigenvalue weighted by molar-refractivity contribution is 6.29. The van der Waals surface area contributed by atoms with E-state index in [2.05, 4.69) is 4.98 Å². The van der Waals surface area contributed by atoms with Crippen molar-refractivity contribution in [1.29, 1.82) is 0 Å². The first-order valence-corrected chi connectivity index (χ1v) is 5.49. The summed E-state index contributed by atoms with van der Waals surface area (Å²) >= 11 is 5.74. The van der Waals surface area contributed by atoms with Crippen molar-refractivity contribution in [1.82, 2.24) is 4.98 Å². The van der Waals surface area contributed by atoms with E-state index in [9.17, 15) is 0 Å². The molecule has 2 nitrogen and oxygen atoms in total. The molecule has 2 N–H and O–H groups in total. The minimum absolute atomic E-state index is 0. The van der Waals surface area contributed by atoms with Crippen LogP contribution in [0, 0.1) is 0 Å². The predicted molar refractivity (Wildman–Crippen MR) is 65.4 cm³/mol. The van der Waals surface area contributed by atoms with Gasteiger partial charge in [-0.15, -0.1) is 12.4 Å². The van der Waals surface area contributed by atoms with Gasteiger partial charge in [0.25, 0.3) is 0 Å². The molecule has 1 aromatic rings. The van der Waals surface area contributed by atoms with E-state index in [0.717, 1.165) is 18.4 Å². The number of pyridine rings is 1. The van der Waals surface area contributed by atoms with Gasteiger partial charge in [-0.25, -0.2) is 4.98 Å². The van der Waals surface area contributed by atoms with Crippen LogP contribution < -0.4 is 5.73 Å². The average molecular weight is 247 g/mol. The van der Waals surface area contributed by atoms with Crippen molar-refractivity contribution in [2.24, 2.45) is 5.73 Å². The molecule has 0 amide bonds. The van der Waals surface area contributed by atoms with Crippen LogP contribution in [0.1, 0.15) is 37.7 Å². The van der Waals surface area contributed by atoms with Gasteiger partial charge in [0.2, 0.25) is 0 Å². The molecule has 0 spiro atoms. The van der Waals surface area contributed by atoms with Crippen LogP contribution in [0.15, 0.2) is 18.3 Å². The van der Waals surface area contributed by atoms with Gasteiger partial charge in [-0.3, -0.25) is 0 Å². The average Bonchev–Trinajstić information content (AvgIpc) is 2.19. The summed E-state index contributed by atoms with van der Waals surface area (Å²) in [5, 5.41) is 0.535. The molecule has 1 fully saturated rings. The first-order valence-electron chi connectivity index (χ1n) is 5.12. The zero-order chi connectivity index (χ0) is 10.0. The normalized spacial score (nSPS) is 19.3. The van der Waals surface area contributed by atoms with Crippen molar-refractivity contribution < 1.29 is 0 Å². The SMILES string of the molecule is Cl.NC1(c2ccc(Cl)nc2)CCCCC1. The van der Waals surface area contributed by atoms with E-state index in [1.807, 2.05) is 18.3 Å². The van der Waals surface area contributed by atoms with Crippen molar-refractivity contribution in [3.63, 3.8) is 0 Å². The van der Waals surface area contributed by atoms with Crippen molar-refractivity contribution in [3.05, 3.63) is 29.0 Å². The maximum Gasteiger partial charge on any atom is 0.129 e. The lowest BCUT2D eigenvalue weighted by Crippen LogP contribution is -2.38. The van der Waals surface area contributed by atoms with Crippen LogP contribution in [0.4, 0.5) is 0 Å². The van der Waals surface area contributed by atoms with Crippen molar-refractivity contribution in [2.45, 2.75) is 37.6 Å². The van der Waals surface area contributed by atoms with Gasteiger partial charge in [0, 0.05) is 11.7 Å². The van der Waals surface area contributed by atoms with Gasteiger partial charge in [0.05, 0.1) is 0 Å². The molecule has 0 aromatic carbocycles. The molecular weight excluding hydrogens is 231 g/mol. The summed E-state index contributed by atoms with van der Waals surface area (Å²) in [6.45, 7) is 0. The lowest BCUT2D eigenvalue weighted by Gasteiger charge is -2.33. The van der Waals surface area contributed by atoms with Crippen LogP contribution in [-0.2, 0) is 5.54 Å². The van der Waals surface area contributed by atoms with Crippen LogP contribution in [0.3, 0.4) is 0 Å².